The molecule has 0 amide bonds. The monoisotopic (exact) mass is 205 g/mol. The molecule has 0 unspecified atom stereocenters. The van der Waals surface area contributed by atoms with Gasteiger partial charge in [0.25, 0.3) is 0 Å². The third kappa shape index (κ3) is 1.78. The molecule has 0 saturated heterocycles. The second-order valence-corrected chi connectivity index (χ2v) is 3.46. The fraction of sp³-hybridized carbons (Fsp3) is 0.400. The fourth-order valence-corrected chi connectivity index (χ4v) is 1.57. The lowest BCUT2D eigenvalue weighted by Gasteiger charge is -2.03. The Kier molecular flexibility index (Phi) is 2.82. The first-order valence-electron chi connectivity index (χ1n) is 5.14. The average molecular weight is 205 g/mol. The van der Waals surface area contributed by atoms with Crippen LogP contribution in [-0.4, -0.2) is 14.8 Å². The van der Waals surface area contributed by atoms with E-state index in [9.17, 15) is 0 Å². The van der Waals surface area contributed by atoms with Crippen LogP contribution in [-0.2, 0) is 6.54 Å². The van der Waals surface area contributed by atoms with Crippen LogP contribution in [0.4, 0.5) is 5.69 Å². The number of nitrogens with one attached hydrogen (secondary N) is 1. The summed E-state index contributed by atoms with van der Waals surface area (Å²) in [5.41, 5.74) is 4.40. The highest BCUT2D eigenvalue weighted by Crippen LogP contribution is 2.19. The average Bonchev–Trinajstić information content (AvgIpc) is 2.69. The molecule has 0 radical (unpaired) electrons. The highest BCUT2D eigenvalue weighted by atomic mass is 15.3. The molecule has 2 aromatic rings. The summed E-state index contributed by atoms with van der Waals surface area (Å²) in [5.74, 6) is 5.41. The van der Waals surface area contributed by atoms with Crippen molar-refractivity contribution in [3.8, 4) is 0 Å². The zero-order valence-electron chi connectivity index (χ0n) is 8.77. The van der Waals surface area contributed by atoms with E-state index in [4.69, 9.17) is 5.84 Å². The molecule has 0 saturated carbocycles. The fourth-order valence-electron chi connectivity index (χ4n) is 1.57. The molecule has 2 aromatic heterocycles. The number of nitrogen functional groups attached to an aromatic ring is 1. The molecular weight excluding hydrogens is 190 g/mol. The summed E-state index contributed by atoms with van der Waals surface area (Å²) in [6.45, 7) is 3.06. The van der Waals surface area contributed by atoms with Crippen LogP contribution in [0.1, 0.15) is 19.8 Å². The highest BCUT2D eigenvalue weighted by Gasteiger charge is 2.06. The van der Waals surface area contributed by atoms with Crippen molar-refractivity contribution < 1.29 is 0 Å². The number of pyridine rings is 1. The first kappa shape index (κ1) is 9.92. The predicted molar refractivity (Wildman–Crippen MR) is 60.2 cm³/mol. The van der Waals surface area contributed by atoms with Crippen molar-refractivity contribution in [2.75, 3.05) is 5.43 Å². The van der Waals surface area contributed by atoms with Gasteiger partial charge in [-0.25, -0.2) is 9.67 Å². The summed E-state index contributed by atoms with van der Waals surface area (Å²) in [6.07, 6.45) is 5.80. The molecule has 15 heavy (non-hydrogen) atoms. The molecule has 0 aliphatic rings. The molecular formula is C10H15N5. The third-order valence-electron chi connectivity index (χ3n) is 2.42. The Hall–Kier alpha value is -1.62. The third-order valence-corrected chi connectivity index (χ3v) is 2.42. The van der Waals surface area contributed by atoms with E-state index >= 15 is 0 Å². The van der Waals surface area contributed by atoms with Gasteiger partial charge in [0.2, 0.25) is 0 Å². The minimum absolute atomic E-state index is 0.864. The van der Waals surface area contributed by atoms with Gasteiger partial charge in [-0.3, -0.25) is 5.84 Å². The van der Waals surface area contributed by atoms with Gasteiger partial charge in [-0.2, -0.15) is 5.10 Å². The second-order valence-electron chi connectivity index (χ2n) is 3.46. The molecule has 0 aliphatic carbocycles. The summed E-state index contributed by atoms with van der Waals surface area (Å²) in [6, 6.07) is 1.84. The van der Waals surface area contributed by atoms with Gasteiger partial charge in [0, 0.05) is 12.7 Å². The minimum Gasteiger partial charge on any atom is -0.323 e. The maximum Gasteiger partial charge on any atom is 0.159 e. The van der Waals surface area contributed by atoms with E-state index in [-0.39, 0.29) is 0 Å². The predicted octanol–water partition coefficient (Wildman–Crippen LogP) is 1.52. The molecule has 0 atom stereocenters. The number of hydrazine groups is 1. The Labute approximate surface area is 88.3 Å². The van der Waals surface area contributed by atoms with Gasteiger partial charge in [-0.1, -0.05) is 13.3 Å². The number of rotatable bonds is 4. The quantitative estimate of drug-likeness (QED) is 0.586. The molecule has 5 heteroatoms. The number of nitrogens with zero attached hydrogens (tertiary/aromatic N) is 3. The normalized spacial score (nSPS) is 10.8. The summed E-state index contributed by atoms with van der Waals surface area (Å²) in [4.78, 5) is 4.31. The summed E-state index contributed by atoms with van der Waals surface area (Å²) in [7, 11) is 0. The zero-order chi connectivity index (χ0) is 10.7. The molecule has 80 valence electrons. The van der Waals surface area contributed by atoms with Crippen LogP contribution in [0.15, 0.2) is 18.5 Å². The molecule has 0 bridgehead atoms. The van der Waals surface area contributed by atoms with Crippen molar-refractivity contribution in [2.24, 2.45) is 5.84 Å². The molecule has 0 aromatic carbocycles. The van der Waals surface area contributed by atoms with Gasteiger partial charge in [0.15, 0.2) is 5.65 Å². The number of hydrogen-bond donors (Lipinski definition) is 2. The maximum absolute atomic E-state index is 5.41. The smallest absolute Gasteiger partial charge is 0.159 e. The number of anilines is 1. The Morgan fingerprint density at radius 3 is 3.13 bits per heavy atom. The number of hydrogen-bond acceptors (Lipinski definition) is 4. The van der Waals surface area contributed by atoms with Crippen LogP contribution >= 0.6 is 0 Å². The lowest BCUT2D eigenvalue weighted by atomic mass is 10.3. The maximum atomic E-state index is 5.41. The first-order valence-corrected chi connectivity index (χ1v) is 5.14. The first-order chi connectivity index (χ1) is 7.36. The van der Waals surface area contributed by atoms with Gasteiger partial charge in [0.05, 0.1) is 17.3 Å². The Bertz CT molecular complexity index is 448. The summed E-state index contributed by atoms with van der Waals surface area (Å²) >= 11 is 0. The van der Waals surface area contributed by atoms with Crippen molar-refractivity contribution in [2.45, 2.75) is 26.3 Å². The summed E-state index contributed by atoms with van der Waals surface area (Å²) < 4.78 is 1.92. The van der Waals surface area contributed by atoms with Crippen LogP contribution in [0.5, 0.6) is 0 Å². The van der Waals surface area contributed by atoms with Crippen LogP contribution in [0, 0.1) is 0 Å². The molecule has 5 nitrogen and oxygen atoms in total. The molecule has 0 spiro atoms. The Balaban J connectivity index is 2.42. The van der Waals surface area contributed by atoms with E-state index in [1.54, 1.807) is 12.4 Å². The van der Waals surface area contributed by atoms with Crippen molar-refractivity contribution in [1.29, 1.82) is 0 Å². The molecule has 3 N–H and O–H groups in total. The van der Waals surface area contributed by atoms with Crippen molar-refractivity contribution >= 4 is 16.7 Å². The number of aromatic nitrogens is 3. The van der Waals surface area contributed by atoms with E-state index in [1.165, 1.54) is 0 Å². The minimum atomic E-state index is 0.864. The van der Waals surface area contributed by atoms with Crippen molar-refractivity contribution in [3.63, 3.8) is 0 Å². The largest absolute Gasteiger partial charge is 0.323 e. The standard InChI is InChI=1S/C10H15N5/c1-2-3-6-15-10-8(7-13-15)9(14-11)4-5-12-10/h4-5,7H,2-3,6,11H2,1H3,(H,12,14). The van der Waals surface area contributed by atoms with E-state index in [0.29, 0.717) is 0 Å². The van der Waals surface area contributed by atoms with E-state index in [0.717, 1.165) is 36.1 Å². The molecule has 0 aliphatic heterocycles. The van der Waals surface area contributed by atoms with E-state index in [1.807, 2.05) is 10.7 Å². The van der Waals surface area contributed by atoms with Crippen LogP contribution in [0.3, 0.4) is 0 Å². The van der Waals surface area contributed by atoms with Gasteiger partial charge in [0.1, 0.15) is 0 Å². The number of nitrogens with two attached hydrogens (primary N) is 1. The van der Waals surface area contributed by atoms with Gasteiger partial charge in [-0.05, 0) is 12.5 Å². The molecule has 2 heterocycles. The molecule has 0 fully saturated rings. The highest BCUT2D eigenvalue weighted by molar-refractivity contribution is 5.88. The lowest BCUT2D eigenvalue weighted by Crippen LogP contribution is -2.07. The number of aryl methyl sites for hydroxylation is 1. The molecule has 2 rings (SSSR count). The van der Waals surface area contributed by atoms with E-state index in [2.05, 4.69) is 22.4 Å². The second kappa shape index (κ2) is 4.27. The van der Waals surface area contributed by atoms with Gasteiger partial charge in [-0.15, -0.1) is 0 Å². The SMILES string of the molecule is CCCCn1ncc2c(NN)ccnc21. The van der Waals surface area contributed by atoms with Crippen LogP contribution < -0.4 is 11.3 Å². The number of unbranched alkanes of at least 4 members (excludes halogenated alkanes) is 1. The van der Waals surface area contributed by atoms with Crippen LogP contribution in [0.2, 0.25) is 0 Å². The van der Waals surface area contributed by atoms with E-state index < -0.39 is 0 Å². The Morgan fingerprint density at radius 2 is 2.40 bits per heavy atom. The van der Waals surface area contributed by atoms with Crippen LogP contribution in [0.25, 0.3) is 11.0 Å². The lowest BCUT2D eigenvalue weighted by molar-refractivity contribution is 0.584. The van der Waals surface area contributed by atoms with Gasteiger partial charge >= 0.3 is 0 Å². The summed E-state index contributed by atoms with van der Waals surface area (Å²) in [5, 5.41) is 5.27. The topological polar surface area (TPSA) is 68.8 Å². The van der Waals surface area contributed by atoms with Gasteiger partial charge < -0.3 is 5.43 Å². The van der Waals surface area contributed by atoms with Crippen molar-refractivity contribution in [3.05, 3.63) is 18.5 Å². The number of fused-ring (bicyclic) bond motifs is 1. The zero-order valence-corrected chi connectivity index (χ0v) is 8.77. The van der Waals surface area contributed by atoms with Crippen molar-refractivity contribution in [1.82, 2.24) is 14.8 Å². The Morgan fingerprint density at radius 1 is 1.53 bits per heavy atom.